The Labute approximate surface area is 225 Å². The number of amides is 2. The zero-order valence-electron chi connectivity index (χ0n) is 21.2. The minimum atomic E-state index is -4.42. The van der Waals surface area contributed by atoms with E-state index in [-0.39, 0.29) is 11.8 Å². The van der Waals surface area contributed by atoms with E-state index in [1.807, 2.05) is 53.4 Å². The highest BCUT2D eigenvalue weighted by molar-refractivity contribution is 6.08. The third-order valence-corrected chi connectivity index (χ3v) is 6.99. The van der Waals surface area contributed by atoms with Gasteiger partial charge in [0.15, 0.2) is 0 Å². The van der Waals surface area contributed by atoms with E-state index in [2.05, 4.69) is 5.32 Å². The summed E-state index contributed by atoms with van der Waals surface area (Å²) in [4.78, 5) is 27.8. The molecule has 0 spiro atoms. The molecule has 0 unspecified atom stereocenters. The van der Waals surface area contributed by atoms with E-state index in [0.717, 1.165) is 28.8 Å². The van der Waals surface area contributed by atoms with Crippen molar-refractivity contribution < 1.29 is 22.8 Å². The van der Waals surface area contributed by atoms with E-state index in [0.29, 0.717) is 54.7 Å². The number of hydrogen-bond donors (Lipinski definition) is 1. The van der Waals surface area contributed by atoms with Gasteiger partial charge in [-0.15, -0.1) is 0 Å². The van der Waals surface area contributed by atoms with Crippen molar-refractivity contribution in [3.8, 4) is 11.1 Å². The Morgan fingerprint density at radius 1 is 0.821 bits per heavy atom. The highest BCUT2D eigenvalue weighted by Gasteiger charge is 2.30. The lowest BCUT2D eigenvalue weighted by molar-refractivity contribution is -0.137. The molecule has 0 aromatic heterocycles. The number of aryl methyl sites for hydroxylation is 1. The molecular weight excluding hydrogens is 501 g/mol. The number of fused-ring (bicyclic) bond motifs is 1. The van der Waals surface area contributed by atoms with Crippen molar-refractivity contribution in [2.45, 2.75) is 32.0 Å². The van der Waals surface area contributed by atoms with Crippen molar-refractivity contribution in [2.75, 3.05) is 11.9 Å². The van der Waals surface area contributed by atoms with Gasteiger partial charge in [-0.1, -0.05) is 66.7 Å². The monoisotopic (exact) mass is 528 g/mol. The number of halogens is 3. The van der Waals surface area contributed by atoms with Crippen LogP contribution in [0.3, 0.4) is 0 Å². The first-order chi connectivity index (χ1) is 18.8. The number of carbonyl (C=O) groups excluding carboxylic acids is 2. The van der Waals surface area contributed by atoms with Crippen molar-refractivity contribution in [3.63, 3.8) is 0 Å². The Morgan fingerprint density at radius 2 is 1.54 bits per heavy atom. The van der Waals surface area contributed by atoms with E-state index in [1.54, 1.807) is 24.3 Å². The van der Waals surface area contributed by atoms with Crippen LogP contribution in [0.15, 0.2) is 97.1 Å². The summed E-state index contributed by atoms with van der Waals surface area (Å²) < 4.78 is 38.9. The van der Waals surface area contributed by atoms with Crippen molar-refractivity contribution in [1.29, 1.82) is 0 Å². The molecule has 2 amide bonds. The number of hydrogen-bond acceptors (Lipinski definition) is 2. The fourth-order valence-corrected chi connectivity index (χ4v) is 4.87. The molecule has 0 atom stereocenters. The van der Waals surface area contributed by atoms with Crippen LogP contribution in [0, 0.1) is 0 Å². The third-order valence-electron chi connectivity index (χ3n) is 6.99. The summed E-state index contributed by atoms with van der Waals surface area (Å²) in [5, 5.41) is 2.93. The predicted molar refractivity (Wildman–Crippen MR) is 145 cm³/mol. The number of benzene rings is 4. The topological polar surface area (TPSA) is 49.4 Å². The van der Waals surface area contributed by atoms with Crippen molar-refractivity contribution in [1.82, 2.24) is 4.90 Å². The Morgan fingerprint density at radius 3 is 2.28 bits per heavy atom. The van der Waals surface area contributed by atoms with Gasteiger partial charge in [0, 0.05) is 30.8 Å². The third kappa shape index (κ3) is 6.20. The average Bonchev–Trinajstić information content (AvgIpc) is 2.95. The standard InChI is InChI=1S/C32H27F3N2O2/c33-32(34,35)26-14-11-23(12-15-26)28-8-4-5-9-29(28)31(39)36-27-16-13-25-21-37(19-18-24(25)20-27)30(38)17-10-22-6-2-1-3-7-22/h1-9,11-16,20H,10,17-19,21H2,(H,36,39). The maximum atomic E-state index is 13.2. The van der Waals surface area contributed by atoms with Gasteiger partial charge >= 0.3 is 6.18 Å². The number of nitrogens with one attached hydrogen (secondary N) is 1. The second kappa shape index (κ2) is 11.2. The number of anilines is 1. The second-order valence-corrected chi connectivity index (χ2v) is 9.61. The summed E-state index contributed by atoms with van der Waals surface area (Å²) in [5.41, 5.74) is 4.60. The van der Waals surface area contributed by atoms with E-state index < -0.39 is 11.7 Å². The molecule has 5 rings (SSSR count). The lowest BCUT2D eigenvalue weighted by atomic mass is 9.97. The van der Waals surface area contributed by atoms with Crippen LogP contribution in [-0.2, 0) is 30.4 Å². The molecule has 7 heteroatoms. The zero-order chi connectivity index (χ0) is 27.4. The fourth-order valence-electron chi connectivity index (χ4n) is 4.87. The number of nitrogens with zero attached hydrogens (tertiary/aromatic N) is 1. The molecule has 4 nitrogen and oxygen atoms in total. The smallest absolute Gasteiger partial charge is 0.338 e. The lowest BCUT2D eigenvalue weighted by Crippen LogP contribution is -2.36. The van der Waals surface area contributed by atoms with Gasteiger partial charge in [-0.2, -0.15) is 13.2 Å². The van der Waals surface area contributed by atoms with Gasteiger partial charge in [0.25, 0.3) is 5.91 Å². The quantitative estimate of drug-likeness (QED) is 0.289. The fraction of sp³-hybridized carbons (Fsp3) is 0.188. The first-order valence-corrected chi connectivity index (χ1v) is 12.8. The Kier molecular flexibility index (Phi) is 7.50. The van der Waals surface area contributed by atoms with Gasteiger partial charge in [0.1, 0.15) is 0 Å². The van der Waals surface area contributed by atoms with Crippen LogP contribution < -0.4 is 5.32 Å². The molecule has 0 aliphatic carbocycles. The van der Waals surface area contributed by atoms with Gasteiger partial charge in [0.05, 0.1) is 5.56 Å². The number of rotatable bonds is 6. The molecule has 1 aliphatic heterocycles. The van der Waals surface area contributed by atoms with E-state index >= 15 is 0 Å². The van der Waals surface area contributed by atoms with Crippen LogP contribution in [0.5, 0.6) is 0 Å². The molecule has 198 valence electrons. The second-order valence-electron chi connectivity index (χ2n) is 9.61. The summed E-state index contributed by atoms with van der Waals surface area (Å²) in [5.74, 6) is -0.222. The molecule has 0 radical (unpaired) electrons. The summed E-state index contributed by atoms with van der Waals surface area (Å²) in [6, 6.07) is 27.3. The SMILES string of the molecule is O=C(Nc1ccc2c(c1)CCN(C(=O)CCc1ccccc1)C2)c1ccccc1-c1ccc(C(F)(F)F)cc1. The van der Waals surface area contributed by atoms with Gasteiger partial charge in [-0.05, 0) is 71.0 Å². The molecule has 1 N–H and O–H groups in total. The highest BCUT2D eigenvalue weighted by atomic mass is 19.4. The summed E-state index contributed by atoms with van der Waals surface area (Å²) >= 11 is 0. The van der Waals surface area contributed by atoms with E-state index in [9.17, 15) is 22.8 Å². The predicted octanol–water partition coefficient (Wildman–Crippen LogP) is 7.14. The summed E-state index contributed by atoms with van der Waals surface area (Å²) in [6.45, 7) is 1.16. The van der Waals surface area contributed by atoms with Crippen LogP contribution >= 0.6 is 0 Å². The summed E-state index contributed by atoms with van der Waals surface area (Å²) in [7, 11) is 0. The number of alkyl halides is 3. The molecule has 0 bridgehead atoms. The Balaban J connectivity index is 1.25. The Hall–Kier alpha value is -4.39. The van der Waals surface area contributed by atoms with Crippen LogP contribution in [0.2, 0.25) is 0 Å². The van der Waals surface area contributed by atoms with Crippen LogP contribution in [-0.4, -0.2) is 23.3 Å². The molecule has 39 heavy (non-hydrogen) atoms. The minimum Gasteiger partial charge on any atom is -0.338 e. The van der Waals surface area contributed by atoms with Crippen LogP contribution in [0.25, 0.3) is 11.1 Å². The molecule has 0 saturated carbocycles. The first kappa shape index (κ1) is 26.2. The molecule has 1 aliphatic rings. The van der Waals surface area contributed by atoms with Gasteiger partial charge in [-0.3, -0.25) is 9.59 Å². The normalized spacial score (nSPS) is 13.1. The molecule has 0 saturated heterocycles. The summed E-state index contributed by atoms with van der Waals surface area (Å²) in [6.07, 6.45) is -2.56. The molecular formula is C32H27F3N2O2. The Bertz CT molecular complexity index is 1480. The van der Waals surface area contributed by atoms with Gasteiger partial charge < -0.3 is 10.2 Å². The largest absolute Gasteiger partial charge is 0.416 e. The first-order valence-electron chi connectivity index (χ1n) is 12.8. The van der Waals surface area contributed by atoms with E-state index in [4.69, 9.17) is 0 Å². The minimum absolute atomic E-state index is 0.127. The van der Waals surface area contributed by atoms with Crippen molar-refractivity contribution in [2.24, 2.45) is 0 Å². The van der Waals surface area contributed by atoms with Crippen LogP contribution in [0.4, 0.5) is 18.9 Å². The van der Waals surface area contributed by atoms with E-state index in [1.165, 1.54) is 12.1 Å². The van der Waals surface area contributed by atoms with Crippen molar-refractivity contribution >= 4 is 17.5 Å². The number of carbonyl (C=O) groups is 2. The average molecular weight is 529 g/mol. The molecule has 4 aromatic carbocycles. The maximum Gasteiger partial charge on any atom is 0.416 e. The molecule has 0 fully saturated rings. The highest BCUT2D eigenvalue weighted by Crippen LogP contribution is 2.32. The van der Waals surface area contributed by atoms with Gasteiger partial charge in [0.2, 0.25) is 5.91 Å². The van der Waals surface area contributed by atoms with Gasteiger partial charge in [-0.25, -0.2) is 0 Å². The maximum absolute atomic E-state index is 13.2. The van der Waals surface area contributed by atoms with Crippen molar-refractivity contribution in [3.05, 3.63) is 125 Å². The van der Waals surface area contributed by atoms with Crippen LogP contribution in [0.1, 0.15) is 39.0 Å². The molecule has 4 aromatic rings. The lowest BCUT2D eigenvalue weighted by Gasteiger charge is -2.29. The zero-order valence-corrected chi connectivity index (χ0v) is 21.2. The molecule has 1 heterocycles.